The maximum Gasteiger partial charge on any atom is 0.323 e. The van der Waals surface area contributed by atoms with E-state index < -0.39 is 17.7 Å². The first-order chi connectivity index (χ1) is 14.1. The molecule has 5 nitrogen and oxygen atoms in total. The summed E-state index contributed by atoms with van der Waals surface area (Å²) in [5.41, 5.74) is 1.51. The first-order valence-corrected chi connectivity index (χ1v) is 10.2. The highest BCUT2D eigenvalue weighted by atomic mass is 35.5. The molecule has 1 aliphatic rings. The van der Waals surface area contributed by atoms with E-state index in [0.717, 1.165) is 48.5 Å². The lowest BCUT2D eigenvalue weighted by molar-refractivity contribution is 0.262. The molecule has 30 heavy (non-hydrogen) atoms. The zero-order valence-corrected chi connectivity index (χ0v) is 17.6. The van der Waals surface area contributed by atoms with Gasteiger partial charge >= 0.3 is 6.03 Å². The number of piperidine rings is 1. The van der Waals surface area contributed by atoms with Gasteiger partial charge in [-0.2, -0.15) is 0 Å². The number of benzene rings is 2. The lowest BCUT2D eigenvalue weighted by Crippen LogP contribution is -2.26. The fourth-order valence-electron chi connectivity index (χ4n) is 3.27. The molecule has 0 atom stereocenters. The van der Waals surface area contributed by atoms with E-state index in [2.05, 4.69) is 20.9 Å². The van der Waals surface area contributed by atoms with Crippen LogP contribution in [0.25, 0.3) is 10.4 Å². The molecule has 158 valence electrons. The predicted octanol–water partition coefficient (Wildman–Crippen LogP) is 5.62. The number of aromatic nitrogens is 1. The minimum atomic E-state index is -0.828. The highest BCUT2D eigenvalue weighted by Crippen LogP contribution is 2.34. The van der Waals surface area contributed by atoms with Crippen molar-refractivity contribution in [3.63, 3.8) is 0 Å². The summed E-state index contributed by atoms with van der Waals surface area (Å²) in [4.78, 5) is 17.7. The zero-order chi connectivity index (χ0) is 20.2. The van der Waals surface area contributed by atoms with Gasteiger partial charge in [-0.15, -0.1) is 23.7 Å². The van der Waals surface area contributed by atoms with Gasteiger partial charge in [0, 0.05) is 23.9 Å². The van der Waals surface area contributed by atoms with Gasteiger partial charge in [0.05, 0.1) is 15.6 Å². The van der Waals surface area contributed by atoms with Gasteiger partial charge in [-0.05, 0) is 55.8 Å². The molecule has 1 fully saturated rings. The monoisotopic (exact) mass is 450 g/mol. The van der Waals surface area contributed by atoms with Crippen LogP contribution < -0.4 is 16.0 Å². The topological polar surface area (TPSA) is 66.0 Å². The number of amides is 2. The standard InChI is InChI=1S/C21H20F2N4OS.ClH/c22-15-3-6-18(17(23)11-15)27-21(28)26-16-4-1-13(2-5-16)19-12-25-20(29-19)14-7-9-24-10-8-14;/h1-6,11-12,14,24H,7-10H2,(H2,26,27,28);1H. The highest BCUT2D eigenvalue weighted by Gasteiger charge is 2.18. The van der Waals surface area contributed by atoms with Crippen molar-refractivity contribution in [1.29, 1.82) is 0 Å². The summed E-state index contributed by atoms with van der Waals surface area (Å²) < 4.78 is 26.6. The number of anilines is 2. The summed E-state index contributed by atoms with van der Waals surface area (Å²) >= 11 is 1.71. The number of halogens is 3. The molecular weight excluding hydrogens is 430 g/mol. The van der Waals surface area contributed by atoms with Crippen LogP contribution in [0.15, 0.2) is 48.7 Å². The van der Waals surface area contributed by atoms with Crippen LogP contribution in [0, 0.1) is 11.6 Å². The number of carbonyl (C=O) groups is 1. The maximum atomic E-state index is 13.6. The number of hydrogen-bond acceptors (Lipinski definition) is 4. The van der Waals surface area contributed by atoms with Gasteiger partial charge in [0.25, 0.3) is 0 Å². The molecule has 4 rings (SSSR count). The Morgan fingerprint density at radius 2 is 1.80 bits per heavy atom. The maximum absolute atomic E-state index is 13.6. The molecule has 1 aromatic heterocycles. The molecule has 2 amide bonds. The van der Waals surface area contributed by atoms with Crippen molar-refractivity contribution in [2.75, 3.05) is 23.7 Å². The van der Waals surface area contributed by atoms with Gasteiger partial charge in [0.1, 0.15) is 11.6 Å². The van der Waals surface area contributed by atoms with Gasteiger partial charge in [0.2, 0.25) is 0 Å². The van der Waals surface area contributed by atoms with Gasteiger partial charge < -0.3 is 16.0 Å². The number of rotatable bonds is 4. The summed E-state index contributed by atoms with van der Waals surface area (Å²) in [5, 5.41) is 9.54. The Bertz CT molecular complexity index is 1010. The Hall–Kier alpha value is -2.55. The third-order valence-electron chi connectivity index (χ3n) is 4.82. The van der Waals surface area contributed by atoms with Crippen LogP contribution in [-0.2, 0) is 0 Å². The summed E-state index contributed by atoms with van der Waals surface area (Å²) in [7, 11) is 0. The van der Waals surface area contributed by atoms with E-state index in [4.69, 9.17) is 0 Å². The van der Waals surface area contributed by atoms with Gasteiger partial charge in [-0.1, -0.05) is 12.1 Å². The molecule has 1 aliphatic heterocycles. The van der Waals surface area contributed by atoms with E-state index in [0.29, 0.717) is 11.6 Å². The van der Waals surface area contributed by atoms with Gasteiger partial charge in [0.15, 0.2) is 0 Å². The molecule has 0 bridgehead atoms. The molecule has 0 radical (unpaired) electrons. The van der Waals surface area contributed by atoms with Crippen LogP contribution >= 0.6 is 23.7 Å². The highest BCUT2D eigenvalue weighted by molar-refractivity contribution is 7.15. The van der Waals surface area contributed by atoms with Crippen molar-refractivity contribution >= 4 is 41.1 Å². The van der Waals surface area contributed by atoms with Crippen molar-refractivity contribution in [2.24, 2.45) is 0 Å². The van der Waals surface area contributed by atoms with E-state index >= 15 is 0 Å². The predicted molar refractivity (Wildman–Crippen MR) is 119 cm³/mol. The van der Waals surface area contributed by atoms with Crippen LogP contribution in [0.5, 0.6) is 0 Å². The Balaban J connectivity index is 0.00000256. The number of nitrogens with one attached hydrogen (secondary N) is 3. The molecule has 3 N–H and O–H groups in total. The molecule has 9 heteroatoms. The SMILES string of the molecule is Cl.O=C(Nc1ccc(-c2cnc(C3CCNCC3)s2)cc1)Nc1ccc(F)cc1F. The van der Waals surface area contributed by atoms with Crippen LogP contribution in [0.3, 0.4) is 0 Å². The molecule has 1 saturated heterocycles. The van der Waals surface area contributed by atoms with E-state index in [9.17, 15) is 13.6 Å². The molecule has 3 aromatic rings. The average Bonchev–Trinajstić information content (AvgIpc) is 3.22. The normalized spacial score (nSPS) is 14.1. The number of carbonyl (C=O) groups excluding carboxylic acids is 1. The van der Waals surface area contributed by atoms with Crippen LogP contribution in [0.4, 0.5) is 25.0 Å². The molecular formula is C21H21ClF2N4OS. The number of thiazole rings is 1. The summed E-state index contributed by atoms with van der Waals surface area (Å²) in [5.74, 6) is -1.01. The van der Waals surface area contributed by atoms with Crippen LogP contribution in [0.1, 0.15) is 23.8 Å². The van der Waals surface area contributed by atoms with Gasteiger partial charge in [-0.3, -0.25) is 0 Å². The van der Waals surface area contributed by atoms with E-state index in [1.165, 1.54) is 11.1 Å². The minimum absolute atomic E-state index is 0. The summed E-state index contributed by atoms with van der Waals surface area (Å²) in [6, 6.07) is 9.76. The fraction of sp³-hybridized carbons (Fsp3) is 0.238. The van der Waals surface area contributed by atoms with Crippen molar-refractivity contribution in [1.82, 2.24) is 10.3 Å². The Kier molecular flexibility index (Phi) is 7.36. The average molecular weight is 451 g/mol. The summed E-state index contributed by atoms with van der Waals surface area (Å²) in [6.45, 7) is 2.06. The van der Waals surface area contributed by atoms with E-state index in [1.807, 2.05) is 18.3 Å². The third kappa shape index (κ3) is 5.33. The molecule has 0 saturated carbocycles. The Morgan fingerprint density at radius 1 is 1.07 bits per heavy atom. The minimum Gasteiger partial charge on any atom is -0.317 e. The fourth-order valence-corrected chi connectivity index (χ4v) is 4.36. The van der Waals surface area contributed by atoms with Crippen molar-refractivity contribution in [3.05, 3.63) is 65.3 Å². The van der Waals surface area contributed by atoms with E-state index in [1.54, 1.807) is 23.5 Å². The first kappa shape index (κ1) is 22.1. The van der Waals surface area contributed by atoms with Crippen molar-refractivity contribution in [2.45, 2.75) is 18.8 Å². The first-order valence-electron chi connectivity index (χ1n) is 9.38. The molecule has 0 unspecified atom stereocenters. The van der Waals surface area contributed by atoms with Gasteiger partial charge in [-0.25, -0.2) is 18.6 Å². The van der Waals surface area contributed by atoms with Crippen LogP contribution in [-0.4, -0.2) is 24.1 Å². The molecule has 2 aromatic carbocycles. The second kappa shape index (κ2) is 9.97. The molecule has 2 heterocycles. The number of urea groups is 1. The lowest BCUT2D eigenvalue weighted by atomic mass is 9.99. The van der Waals surface area contributed by atoms with Crippen LogP contribution in [0.2, 0.25) is 0 Å². The lowest BCUT2D eigenvalue weighted by Gasteiger charge is -2.20. The summed E-state index contributed by atoms with van der Waals surface area (Å²) in [6.07, 6.45) is 4.12. The molecule has 0 aliphatic carbocycles. The molecule has 0 spiro atoms. The van der Waals surface area contributed by atoms with E-state index in [-0.39, 0.29) is 18.1 Å². The Morgan fingerprint density at radius 3 is 2.50 bits per heavy atom. The second-order valence-corrected chi connectivity index (χ2v) is 7.93. The third-order valence-corrected chi connectivity index (χ3v) is 6.03. The zero-order valence-electron chi connectivity index (χ0n) is 16.0. The van der Waals surface area contributed by atoms with Crippen molar-refractivity contribution in [3.8, 4) is 10.4 Å². The number of nitrogens with zero attached hydrogens (tertiary/aromatic N) is 1. The largest absolute Gasteiger partial charge is 0.323 e. The number of hydrogen-bond donors (Lipinski definition) is 3. The second-order valence-electron chi connectivity index (χ2n) is 6.87. The van der Waals surface area contributed by atoms with Crippen molar-refractivity contribution < 1.29 is 13.6 Å². The Labute approximate surface area is 183 Å². The smallest absolute Gasteiger partial charge is 0.317 e. The quantitative estimate of drug-likeness (QED) is 0.483.